The van der Waals surface area contributed by atoms with E-state index < -0.39 is 15.9 Å². The number of rotatable bonds is 5. The van der Waals surface area contributed by atoms with Gasteiger partial charge in [0.05, 0.1) is 4.90 Å². The minimum absolute atomic E-state index is 0.213. The number of benzene rings is 1. The number of carbonyl (C=O) groups is 1. The van der Waals surface area contributed by atoms with Crippen molar-refractivity contribution in [2.24, 2.45) is 5.84 Å². The third-order valence-corrected chi connectivity index (χ3v) is 5.51. The summed E-state index contributed by atoms with van der Waals surface area (Å²) in [7, 11) is -3.46. The molecule has 0 atom stereocenters. The predicted octanol–water partition coefficient (Wildman–Crippen LogP) is 0.538. The maximum Gasteiger partial charge on any atom is 0.271 e. The zero-order valence-electron chi connectivity index (χ0n) is 12.5. The zero-order valence-corrected chi connectivity index (χ0v) is 13.4. The molecule has 0 radical (unpaired) electrons. The van der Waals surface area contributed by atoms with Crippen LogP contribution >= 0.6 is 0 Å². The maximum absolute atomic E-state index is 12.6. The number of piperidine rings is 1. The van der Waals surface area contributed by atoms with E-state index in [0.29, 0.717) is 24.4 Å². The average molecular weight is 327 g/mol. The van der Waals surface area contributed by atoms with Gasteiger partial charge in [0.2, 0.25) is 10.0 Å². The van der Waals surface area contributed by atoms with Crippen LogP contribution in [0.25, 0.3) is 0 Å². The van der Waals surface area contributed by atoms with Crippen molar-refractivity contribution < 1.29 is 17.9 Å². The first kappa shape index (κ1) is 16.7. The fourth-order valence-corrected chi connectivity index (χ4v) is 3.99. The molecular weight excluding hydrogens is 306 g/mol. The zero-order chi connectivity index (χ0) is 16.2. The Bertz CT molecular complexity index is 639. The molecule has 1 saturated heterocycles. The molecule has 3 N–H and O–H groups in total. The summed E-state index contributed by atoms with van der Waals surface area (Å²) in [6.45, 7) is 2.66. The SMILES string of the molecule is Cc1cc(S(=O)(=O)N2CCCCC2)ccc1OCC(=O)NN. The van der Waals surface area contributed by atoms with Crippen LogP contribution in [0.5, 0.6) is 5.75 Å². The second-order valence-electron chi connectivity index (χ2n) is 5.25. The number of nitrogens with zero attached hydrogens (tertiary/aromatic N) is 1. The van der Waals surface area contributed by atoms with Crippen LogP contribution < -0.4 is 16.0 Å². The monoisotopic (exact) mass is 327 g/mol. The Hall–Kier alpha value is -1.64. The van der Waals surface area contributed by atoms with Gasteiger partial charge in [-0.1, -0.05) is 6.42 Å². The van der Waals surface area contributed by atoms with Crippen LogP contribution in [-0.2, 0) is 14.8 Å². The van der Waals surface area contributed by atoms with Crippen molar-refractivity contribution in [1.29, 1.82) is 0 Å². The first-order valence-corrected chi connectivity index (χ1v) is 8.62. The molecule has 1 aromatic carbocycles. The number of carbonyl (C=O) groups excluding carboxylic acids is 1. The Morgan fingerprint density at radius 1 is 1.32 bits per heavy atom. The van der Waals surface area contributed by atoms with Crippen LogP contribution in [0.3, 0.4) is 0 Å². The van der Waals surface area contributed by atoms with E-state index in [0.717, 1.165) is 19.3 Å². The average Bonchev–Trinajstić information content (AvgIpc) is 2.54. The Kier molecular flexibility index (Phi) is 5.38. The van der Waals surface area contributed by atoms with Gasteiger partial charge in [-0.15, -0.1) is 0 Å². The van der Waals surface area contributed by atoms with Crippen molar-refractivity contribution in [1.82, 2.24) is 9.73 Å². The van der Waals surface area contributed by atoms with E-state index in [-0.39, 0.29) is 11.5 Å². The van der Waals surface area contributed by atoms with E-state index >= 15 is 0 Å². The smallest absolute Gasteiger partial charge is 0.271 e. The fraction of sp³-hybridized carbons (Fsp3) is 0.500. The number of hydrogen-bond donors (Lipinski definition) is 2. The second-order valence-corrected chi connectivity index (χ2v) is 7.19. The molecule has 22 heavy (non-hydrogen) atoms. The van der Waals surface area contributed by atoms with Gasteiger partial charge in [-0.2, -0.15) is 4.31 Å². The molecule has 1 amide bonds. The lowest BCUT2D eigenvalue weighted by atomic mass is 10.2. The highest BCUT2D eigenvalue weighted by atomic mass is 32.2. The van der Waals surface area contributed by atoms with Gasteiger partial charge >= 0.3 is 0 Å². The van der Waals surface area contributed by atoms with Crippen molar-refractivity contribution in [2.75, 3.05) is 19.7 Å². The van der Waals surface area contributed by atoms with E-state index in [2.05, 4.69) is 0 Å². The number of aryl methyl sites for hydroxylation is 1. The minimum Gasteiger partial charge on any atom is -0.483 e. The summed E-state index contributed by atoms with van der Waals surface area (Å²) in [5.41, 5.74) is 2.62. The topological polar surface area (TPSA) is 102 Å². The lowest BCUT2D eigenvalue weighted by Crippen LogP contribution is -2.35. The van der Waals surface area contributed by atoms with Crippen molar-refractivity contribution in [3.05, 3.63) is 23.8 Å². The lowest BCUT2D eigenvalue weighted by molar-refractivity contribution is -0.123. The van der Waals surface area contributed by atoms with Gasteiger partial charge in [0.25, 0.3) is 5.91 Å². The van der Waals surface area contributed by atoms with E-state index in [9.17, 15) is 13.2 Å². The molecule has 1 heterocycles. The van der Waals surface area contributed by atoms with Crippen molar-refractivity contribution in [2.45, 2.75) is 31.1 Å². The third-order valence-electron chi connectivity index (χ3n) is 3.62. The van der Waals surface area contributed by atoms with Crippen LogP contribution in [0.1, 0.15) is 24.8 Å². The summed E-state index contributed by atoms with van der Waals surface area (Å²) in [6.07, 6.45) is 2.86. The van der Waals surface area contributed by atoms with Gasteiger partial charge < -0.3 is 4.74 Å². The Morgan fingerprint density at radius 2 is 2.00 bits per heavy atom. The number of hydrazine groups is 1. The van der Waals surface area contributed by atoms with E-state index in [1.807, 2.05) is 5.43 Å². The largest absolute Gasteiger partial charge is 0.483 e. The van der Waals surface area contributed by atoms with Gasteiger partial charge in [-0.3, -0.25) is 10.2 Å². The molecule has 8 heteroatoms. The molecule has 0 unspecified atom stereocenters. The predicted molar refractivity (Wildman–Crippen MR) is 81.6 cm³/mol. The number of amides is 1. The number of nitrogens with one attached hydrogen (secondary N) is 1. The fourth-order valence-electron chi connectivity index (χ4n) is 2.38. The first-order chi connectivity index (χ1) is 10.4. The number of nitrogens with two attached hydrogens (primary N) is 1. The second kappa shape index (κ2) is 7.08. The molecule has 2 rings (SSSR count). The molecule has 122 valence electrons. The van der Waals surface area contributed by atoms with Crippen LogP contribution in [-0.4, -0.2) is 38.3 Å². The lowest BCUT2D eigenvalue weighted by Gasteiger charge is -2.26. The van der Waals surface area contributed by atoms with Crippen LogP contribution in [0.15, 0.2) is 23.1 Å². The Labute approximate surface area is 130 Å². The molecule has 0 saturated carbocycles. The van der Waals surface area contributed by atoms with Crippen LogP contribution in [0.2, 0.25) is 0 Å². The summed E-state index contributed by atoms with van der Waals surface area (Å²) in [5.74, 6) is 4.98. The number of sulfonamides is 1. The maximum atomic E-state index is 12.6. The summed E-state index contributed by atoms with van der Waals surface area (Å²) in [5, 5.41) is 0. The quantitative estimate of drug-likeness (QED) is 0.467. The molecule has 0 aliphatic carbocycles. The van der Waals surface area contributed by atoms with Crippen molar-refractivity contribution >= 4 is 15.9 Å². The highest BCUT2D eigenvalue weighted by Crippen LogP contribution is 2.25. The molecule has 1 fully saturated rings. The summed E-state index contributed by atoms with van der Waals surface area (Å²) in [4.78, 5) is 11.3. The normalized spacial score (nSPS) is 16.3. The molecule has 0 aromatic heterocycles. The highest BCUT2D eigenvalue weighted by Gasteiger charge is 2.26. The van der Waals surface area contributed by atoms with Crippen molar-refractivity contribution in [3.8, 4) is 5.75 Å². The molecule has 1 aliphatic rings. The molecular formula is C14H21N3O4S. The Morgan fingerprint density at radius 3 is 2.59 bits per heavy atom. The number of ether oxygens (including phenoxy) is 1. The summed E-state index contributed by atoms with van der Waals surface area (Å²) >= 11 is 0. The van der Waals surface area contributed by atoms with Gasteiger partial charge in [-0.25, -0.2) is 14.3 Å². The molecule has 7 nitrogen and oxygen atoms in total. The molecule has 1 aliphatic heterocycles. The van der Waals surface area contributed by atoms with Crippen molar-refractivity contribution in [3.63, 3.8) is 0 Å². The third kappa shape index (κ3) is 3.76. The Balaban J connectivity index is 2.15. The summed E-state index contributed by atoms with van der Waals surface area (Å²) in [6, 6.07) is 4.64. The van der Waals surface area contributed by atoms with E-state index in [4.69, 9.17) is 10.6 Å². The first-order valence-electron chi connectivity index (χ1n) is 7.18. The summed E-state index contributed by atoms with van der Waals surface area (Å²) < 4.78 is 32.0. The minimum atomic E-state index is -3.46. The van der Waals surface area contributed by atoms with Gasteiger partial charge in [0, 0.05) is 13.1 Å². The standard InChI is InChI=1S/C14H21N3O4S/c1-11-9-12(5-6-13(11)21-10-14(18)16-15)22(19,20)17-7-3-2-4-8-17/h5-6,9H,2-4,7-8,10,15H2,1H3,(H,16,18). The molecule has 0 bridgehead atoms. The molecule has 1 aromatic rings. The van der Waals surface area contributed by atoms with E-state index in [1.165, 1.54) is 10.4 Å². The highest BCUT2D eigenvalue weighted by molar-refractivity contribution is 7.89. The molecule has 0 spiro atoms. The van der Waals surface area contributed by atoms with Crippen LogP contribution in [0, 0.1) is 6.92 Å². The van der Waals surface area contributed by atoms with Gasteiger partial charge in [0.15, 0.2) is 6.61 Å². The van der Waals surface area contributed by atoms with Gasteiger partial charge in [0.1, 0.15) is 5.75 Å². The van der Waals surface area contributed by atoms with Crippen LogP contribution in [0.4, 0.5) is 0 Å². The number of hydrogen-bond acceptors (Lipinski definition) is 5. The van der Waals surface area contributed by atoms with Gasteiger partial charge in [-0.05, 0) is 43.5 Å². The van der Waals surface area contributed by atoms with E-state index in [1.54, 1.807) is 19.1 Å².